The maximum Gasteiger partial charge on any atom is 0.220 e. The Morgan fingerprint density at radius 2 is 1.80 bits per heavy atom. The molecule has 0 radical (unpaired) electrons. The molecule has 0 bridgehead atoms. The average Bonchev–Trinajstić information content (AvgIpc) is 2.48. The van der Waals surface area contributed by atoms with Crippen molar-refractivity contribution in [2.24, 2.45) is 11.7 Å². The Kier molecular flexibility index (Phi) is 4.41. The van der Waals surface area contributed by atoms with Gasteiger partial charge in [-0.25, -0.2) is 0 Å². The molecule has 0 saturated heterocycles. The standard InChI is InChI=1S/C17H19NO2/c1-12(17(18)19)11-13-7-9-14(10-8-13)15-5-3-4-6-16(15)20-2/h3-10,12H,11H2,1-2H3,(H2,18,19). The SMILES string of the molecule is COc1ccccc1-c1ccc(CC(C)C(N)=O)cc1. The molecule has 0 saturated carbocycles. The molecule has 2 N–H and O–H groups in total. The summed E-state index contributed by atoms with van der Waals surface area (Å²) in [7, 11) is 1.67. The Balaban J connectivity index is 2.22. The molecule has 0 heterocycles. The highest BCUT2D eigenvalue weighted by Crippen LogP contribution is 2.29. The van der Waals surface area contributed by atoms with Crippen LogP contribution in [-0.2, 0) is 11.2 Å². The monoisotopic (exact) mass is 269 g/mol. The smallest absolute Gasteiger partial charge is 0.220 e. The Hall–Kier alpha value is -2.29. The summed E-state index contributed by atoms with van der Waals surface area (Å²) in [4.78, 5) is 11.1. The number of methoxy groups -OCH3 is 1. The largest absolute Gasteiger partial charge is 0.496 e. The molecule has 0 aromatic heterocycles. The van der Waals surface area contributed by atoms with Gasteiger partial charge in [0.25, 0.3) is 0 Å². The van der Waals surface area contributed by atoms with Crippen LogP contribution in [0.3, 0.4) is 0 Å². The lowest BCUT2D eigenvalue weighted by Gasteiger charge is -2.10. The fourth-order valence-corrected chi connectivity index (χ4v) is 2.16. The van der Waals surface area contributed by atoms with E-state index < -0.39 is 0 Å². The van der Waals surface area contributed by atoms with Crippen molar-refractivity contribution >= 4 is 5.91 Å². The molecule has 20 heavy (non-hydrogen) atoms. The van der Waals surface area contributed by atoms with Crippen molar-refractivity contribution in [2.45, 2.75) is 13.3 Å². The average molecular weight is 269 g/mol. The lowest BCUT2D eigenvalue weighted by Crippen LogP contribution is -2.22. The van der Waals surface area contributed by atoms with Crippen molar-refractivity contribution in [1.82, 2.24) is 0 Å². The zero-order valence-corrected chi connectivity index (χ0v) is 11.8. The van der Waals surface area contributed by atoms with Gasteiger partial charge in [-0.15, -0.1) is 0 Å². The Morgan fingerprint density at radius 3 is 2.40 bits per heavy atom. The first kappa shape index (κ1) is 14.1. The number of hydrogen-bond donors (Lipinski definition) is 1. The first-order chi connectivity index (χ1) is 9.61. The molecule has 3 heteroatoms. The number of ether oxygens (including phenoxy) is 1. The molecule has 1 unspecified atom stereocenters. The zero-order valence-electron chi connectivity index (χ0n) is 11.8. The second kappa shape index (κ2) is 6.24. The van der Waals surface area contributed by atoms with E-state index in [1.807, 2.05) is 55.5 Å². The minimum absolute atomic E-state index is 0.146. The van der Waals surface area contributed by atoms with Crippen LogP contribution < -0.4 is 10.5 Å². The van der Waals surface area contributed by atoms with Gasteiger partial charge in [0.1, 0.15) is 5.75 Å². The maximum atomic E-state index is 11.1. The van der Waals surface area contributed by atoms with Crippen molar-refractivity contribution in [2.75, 3.05) is 7.11 Å². The van der Waals surface area contributed by atoms with Crippen molar-refractivity contribution in [3.63, 3.8) is 0 Å². The lowest BCUT2D eigenvalue weighted by molar-refractivity contribution is -0.121. The quantitative estimate of drug-likeness (QED) is 0.907. The minimum atomic E-state index is -0.265. The van der Waals surface area contributed by atoms with E-state index in [0.717, 1.165) is 22.4 Å². The fraction of sp³-hybridized carbons (Fsp3) is 0.235. The van der Waals surface area contributed by atoms with Gasteiger partial charge in [0.2, 0.25) is 5.91 Å². The molecule has 0 spiro atoms. The molecule has 0 aliphatic heterocycles. The van der Waals surface area contributed by atoms with Gasteiger partial charge in [-0.1, -0.05) is 49.4 Å². The molecular weight excluding hydrogens is 250 g/mol. The van der Waals surface area contributed by atoms with Crippen LogP contribution in [0, 0.1) is 5.92 Å². The second-order valence-corrected chi connectivity index (χ2v) is 4.90. The topological polar surface area (TPSA) is 52.3 Å². The molecule has 1 atom stereocenters. The molecule has 1 amide bonds. The van der Waals surface area contributed by atoms with E-state index >= 15 is 0 Å². The second-order valence-electron chi connectivity index (χ2n) is 4.90. The molecule has 0 aliphatic rings. The first-order valence-corrected chi connectivity index (χ1v) is 6.63. The highest BCUT2D eigenvalue weighted by molar-refractivity contribution is 5.76. The number of carbonyl (C=O) groups excluding carboxylic acids is 1. The van der Waals surface area contributed by atoms with Crippen LogP contribution in [0.25, 0.3) is 11.1 Å². The predicted molar refractivity (Wildman–Crippen MR) is 80.5 cm³/mol. The van der Waals surface area contributed by atoms with Gasteiger partial charge in [-0.05, 0) is 23.6 Å². The third kappa shape index (κ3) is 3.18. The van der Waals surface area contributed by atoms with Gasteiger partial charge in [-0.3, -0.25) is 4.79 Å². The van der Waals surface area contributed by atoms with Crippen LogP contribution in [0.5, 0.6) is 5.75 Å². The summed E-state index contributed by atoms with van der Waals surface area (Å²) < 4.78 is 5.36. The highest BCUT2D eigenvalue weighted by atomic mass is 16.5. The minimum Gasteiger partial charge on any atom is -0.496 e. The van der Waals surface area contributed by atoms with E-state index in [2.05, 4.69) is 0 Å². The van der Waals surface area contributed by atoms with Crippen LogP contribution in [-0.4, -0.2) is 13.0 Å². The number of amides is 1. The van der Waals surface area contributed by atoms with Gasteiger partial charge >= 0.3 is 0 Å². The summed E-state index contributed by atoms with van der Waals surface area (Å²) in [6.45, 7) is 1.84. The highest BCUT2D eigenvalue weighted by Gasteiger charge is 2.10. The summed E-state index contributed by atoms with van der Waals surface area (Å²) in [6.07, 6.45) is 0.668. The summed E-state index contributed by atoms with van der Waals surface area (Å²) in [5.41, 5.74) is 8.55. The van der Waals surface area contributed by atoms with Gasteiger partial charge < -0.3 is 10.5 Å². The number of rotatable bonds is 5. The fourth-order valence-electron chi connectivity index (χ4n) is 2.16. The molecule has 0 aliphatic carbocycles. The number of hydrogen-bond acceptors (Lipinski definition) is 2. The third-order valence-corrected chi connectivity index (χ3v) is 3.40. The van der Waals surface area contributed by atoms with E-state index in [1.165, 1.54) is 0 Å². The predicted octanol–water partition coefficient (Wildman–Crippen LogP) is 3.03. The van der Waals surface area contributed by atoms with Crippen LogP contribution in [0.1, 0.15) is 12.5 Å². The number of benzene rings is 2. The molecule has 2 aromatic carbocycles. The van der Waals surface area contributed by atoms with E-state index in [-0.39, 0.29) is 11.8 Å². The third-order valence-electron chi connectivity index (χ3n) is 3.40. The Labute approximate surface area is 119 Å². The van der Waals surface area contributed by atoms with E-state index in [9.17, 15) is 4.79 Å². The molecule has 2 rings (SSSR count). The van der Waals surface area contributed by atoms with Crippen molar-refractivity contribution in [1.29, 1.82) is 0 Å². The van der Waals surface area contributed by atoms with Crippen LogP contribution in [0.4, 0.5) is 0 Å². The lowest BCUT2D eigenvalue weighted by atomic mass is 9.97. The Bertz CT molecular complexity index is 590. The Morgan fingerprint density at radius 1 is 1.15 bits per heavy atom. The van der Waals surface area contributed by atoms with Crippen LogP contribution >= 0.6 is 0 Å². The zero-order chi connectivity index (χ0) is 14.5. The summed E-state index contributed by atoms with van der Waals surface area (Å²) in [5.74, 6) is 0.441. The molecule has 0 fully saturated rings. The van der Waals surface area contributed by atoms with Crippen LogP contribution in [0.15, 0.2) is 48.5 Å². The van der Waals surface area contributed by atoms with Crippen molar-refractivity contribution in [3.05, 3.63) is 54.1 Å². The summed E-state index contributed by atoms with van der Waals surface area (Å²) >= 11 is 0. The van der Waals surface area contributed by atoms with Crippen molar-refractivity contribution < 1.29 is 9.53 Å². The normalized spacial score (nSPS) is 11.9. The van der Waals surface area contributed by atoms with Crippen LogP contribution in [0.2, 0.25) is 0 Å². The van der Waals surface area contributed by atoms with Gasteiger partial charge in [0.05, 0.1) is 7.11 Å². The maximum absolute atomic E-state index is 11.1. The van der Waals surface area contributed by atoms with E-state index in [0.29, 0.717) is 6.42 Å². The number of para-hydroxylation sites is 1. The molecular formula is C17H19NO2. The molecule has 2 aromatic rings. The first-order valence-electron chi connectivity index (χ1n) is 6.63. The number of nitrogens with two attached hydrogens (primary N) is 1. The van der Waals surface area contributed by atoms with Gasteiger partial charge in [0.15, 0.2) is 0 Å². The molecule has 104 valence electrons. The molecule has 3 nitrogen and oxygen atoms in total. The van der Waals surface area contributed by atoms with E-state index in [1.54, 1.807) is 7.11 Å². The summed E-state index contributed by atoms with van der Waals surface area (Å²) in [5, 5.41) is 0. The summed E-state index contributed by atoms with van der Waals surface area (Å²) in [6, 6.07) is 16.1. The number of primary amides is 1. The van der Waals surface area contributed by atoms with Crippen molar-refractivity contribution in [3.8, 4) is 16.9 Å². The van der Waals surface area contributed by atoms with Gasteiger partial charge in [0, 0.05) is 11.5 Å². The number of carbonyl (C=O) groups is 1. The van der Waals surface area contributed by atoms with Gasteiger partial charge in [-0.2, -0.15) is 0 Å². The van der Waals surface area contributed by atoms with E-state index in [4.69, 9.17) is 10.5 Å².